The van der Waals surface area contributed by atoms with Crippen molar-refractivity contribution in [3.63, 3.8) is 0 Å². The highest BCUT2D eigenvalue weighted by atomic mass is 16.5. The van der Waals surface area contributed by atoms with Gasteiger partial charge in [-0.25, -0.2) is 0 Å². The van der Waals surface area contributed by atoms with E-state index in [0.717, 1.165) is 19.1 Å². The van der Waals surface area contributed by atoms with Gasteiger partial charge in [0.05, 0.1) is 0 Å². The normalized spacial score (nSPS) is 20.8. The van der Waals surface area contributed by atoms with Crippen LogP contribution in [0.15, 0.2) is 0 Å². The van der Waals surface area contributed by atoms with Crippen LogP contribution in [0.25, 0.3) is 0 Å². The van der Waals surface area contributed by atoms with E-state index in [0.29, 0.717) is 6.04 Å². The van der Waals surface area contributed by atoms with Gasteiger partial charge in [-0.1, -0.05) is 12.8 Å². The van der Waals surface area contributed by atoms with E-state index < -0.39 is 0 Å². The zero-order chi connectivity index (χ0) is 9.52. The molecule has 0 saturated heterocycles. The van der Waals surface area contributed by atoms with Crippen molar-refractivity contribution in [1.29, 1.82) is 0 Å². The van der Waals surface area contributed by atoms with Gasteiger partial charge in [-0.15, -0.1) is 0 Å². The van der Waals surface area contributed by atoms with Crippen molar-refractivity contribution < 1.29 is 4.74 Å². The number of nitrogens with one attached hydrogen (secondary N) is 1. The van der Waals surface area contributed by atoms with Crippen LogP contribution in [-0.2, 0) is 4.74 Å². The van der Waals surface area contributed by atoms with Crippen LogP contribution >= 0.6 is 0 Å². The molecule has 0 aliphatic heterocycles. The van der Waals surface area contributed by atoms with Crippen LogP contribution < -0.4 is 5.32 Å². The number of rotatable bonds is 6. The van der Waals surface area contributed by atoms with Crippen molar-refractivity contribution in [1.82, 2.24) is 5.32 Å². The molecule has 1 aliphatic rings. The molecule has 1 atom stereocenters. The maximum atomic E-state index is 5.39. The molecule has 0 aromatic heterocycles. The SMILES string of the molecule is CCOCCC(NC)C1CCCC1. The molecule has 0 spiro atoms. The van der Waals surface area contributed by atoms with E-state index in [9.17, 15) is 0 Å². The fraction of sp³-hybridized carbons (Fsp3) is 1.00. The molecule has 1 rings (SSSR count). The lowest BCUT2D eigenvalue weighted by Gasteiger charge is -2.22. The Morgan fingerprint density at radius 2 is 2.08 bits per heavy atom. The molecular formula is C11H23NO. The molecular weight excluding hydrogens is 162 g/mol. The Hall–Kier alpha value is -0.0800. The molecule has 0 aromatic rings. The Morgan fingerprint density at radius 1 is 1.38 bits per heavy atom. The van der Waals surface area contributed by atoms with E-state index in [1.165, 1.54) is 32.1 Å². The van der Waals surface area contributed by atoms with Crippen LogP contribution in [0.2, 0.25) is 0 Å². The second kappa shape index (κ2) is 6.39. The van der Waals surface area contributed by atoms with Gasteiger partial charge in [0.2, 0.25) is 0 Å². The molecule has 2 nitrogen and oxygen atoms in total. The van der Waals surface area contributed by atoms with Crippen molar-refractivity contribution in [3.8, 4) is 0 Å². The molecule has 0 heterocycles. The third-order valence-electron chi connectivity index (χ3n) is 3.12. The minimum atomic E-state index is 0.689. The standard InChI is InChI=1S/C11H23NO/c1-3-13-9-8-11(12-2)10-6-4-5-7-10/h10-12H,3-9H2,1-2H3. The summed E-state index contributed by atoms with van der Waals surface area (Å²) in [4.78, 5) is 0. The molecule has 78 valence electrons. The average molecular weight is 185 g/mol. The van der Waals surface area contributed by atoms with Crippen LogP contribution in [0.5, 0.6) is 0 Å². The molecule has 1 N–H and O–H groups in total. The summed E-state index contributed by atoms with van der Waals surface area (Å²) in [5, 5.41) is 3.42. The van der Waals surface area contributed by atoms with Gasteiger partial charge in [0.25, 0.3) is 0 Å². The van der Waals surface area contributed by atoms with Crippen molar-refractivity contribution in [2.24, 2.45) is 5.92 Å². The van der Waals surface area contributed by atoms with Crippen LogP contribution in [0.1, 0.15) is 39.0 Å². The summed E-state index contributed by atoms with van der Waals surface area (Å²) in [7, 11) is 2.08. The van der Waals surface area contributed by atoms with E-state index in [-0.39, 0.29) is 0 Å². The Labute approximate surface area is 82.0 Å². The lowest BCUT2D eigenvalue weighted by molar-refractivity contribution is 0.129. The predicted octanol–water partition coefficient (Wildman–Crippen LogP) is 2.19. The Morgan fingerprint density at radius 3 is 2.62 bits per heavy atom. The summed E-state index contributed by atoms with van der Waals surface area (Å²) < 4.78 is 5.39. The summed E-state index contributed by atoms with van der Waals surface area (Å²) in [6, 6.07) is 0.689. The van der Waals surface area contributed by atoms with Crippen LogP contribution in [0, 0.1) is 5.92 Å². The maximum absolute atomic E-state index is 5.39. The molecule has 0 aromatic carbocycles. The van der Waals surface area contributed by atoms with Crippen molar-refractivity contribution in [2.45, 2.75) is 45.1 Å². The van der Waals surface area contributed by atoms with Gasteiger partial charge in [0, 0.05) is 19.3 Å². The van der Waals surface area contributed by atoms with Gasteiger partial charge in [-0.2, -0.15) is 0 Å². The van der Waals surface area contributed by atoms with E-state index in [1.807, 2.05) is 0 Å². The zero-order valence-corrected chi connectivity index (χ0v) is 9.01. The van der Waals surface area contributed by atoms with Crippen LogP contribution in [-0.4, -0.2) is 26.3 Å². The van der Waals surface area contributed by atoms with Gasteiger partial charge in [-0.3, -0.25) is 0 Å². The topological polar surface area (TPSA) is 21.3 Å². The first-order valence-electron chi connectivity index (χ1n) is 5.63. The fourth-order valence-electron chi connectivity index (χ4n) is 2.33. The minimum Gasteiger partial charge on any atom is -0.382 e. The van der Waals surface area contributed by atoms with E-state index >= 15 is 0 Å². The van der Waals surface area contributed by atoms with Gasteiger partial charge < -0.3 is 10.1 Å². The second-order valence-electron chi connectivity index (χ2n) is 3.93. The molecule has 0 amide bonds. The summed E-state index contributed by atoms with van der Waals surface area (Å²) in [6.07, 6.45) is 6.86. The van der Waals surface area contributed by atoms with Crippen molar-refractivity contribution >= 4 is 0 Å². The molecule has 1 fully saturated rings. The first-order valence-corrected chi connectivity index (χ1v) is 5.63. The minimum absolute atomic E-state index is 0.689. The van der Waals surface area contributed by atoms with Gasteiger partial charge in [-0.05, 0) is 39.2 Å². The second-order valence-corrected chi connectivity index (χ2v) is 3.93. The van der Waals surface area contributed by atoms with Crippen LogP contribution in [0.4, 0.5) is 0 Å². The van der Waals surface area contributed by atoms with Crippen molar-refractivity contribution in [2.75, 3.05) is 20.3 Å². The molecule has 1 unspecified atom stereocenters. The molecule has 13 heavy (non-hydrogen) atoms. The third kappa shape index (κ3) is 3.65. The molecule has 1 aliphatic carbocycles. The number of ether oxygens (including phenoxy) is 1. The van der Waals surface area contributed by atoms with Gasteiger partial charge in [0.1, 0.15) is 0 Å². The van der Waals surface area contributed by atoms with E-state index in [1.54, 1.807) is 0 Å². The average Bonchev–Trinajstić information content (AvgIpc) is 2.65. The lowest BCUT2D eigenvalue weighted by Crippen LogP contribution is -2.33. The number of hydrogen-bond donors (Lipinski definition) is 1. The molecule has 2 heteroatoms. The summed E-state index contributed by atoms with van der Waals surface area (Å²) >= 11 is 0. The largest absolute Gasteiger partial charge is 0.382 e. The summed E-state index contributed by atoms with van der Waals surface area (Å²) in [6.45, 7) is 3.82. The first-order chi connectivity index (χ1) is 6.38. The smallest absolute Gasteiger partial charge is 0.0480 e. The molecule has 1 saturated carbocycles. The monoisotopic (exact) mass is 185 g/mol. The number of hydrogen-bond acceptors (Lipinski definition) is 2. The van der Waals surface area contributed by atoms with E-state index in [4.69, 9.17) is 4.74 Å². The van der Waals surface area contributed by atoms with Gasteiger partial charge >= 0.3 is 0 Å². The first kappa shape index (κ1) is 11.0. The maximum Gasteiger partial charge on any atom is 0.0480 e. The highest BCUT2D eigenvalue weighted by Crippen LogP contribution is 2.28. The highest BCUT2D eigenvalue weighted by molar-refractivity contribution is 4.79. The molecule has 0 radical (unpaired) electrons. The molecule has 0 bridgehead atoms. The Balaban J connectivity index is 2.16. The highest BCUT2D eigenvalue weighted by Gasteiger charge is 2.23. The quantitative estimate of drug-likeness (QED) is 0.640. The zero-order valence-electron chi connectivity index (χ0n) is 9.01. The third-order valence-corrected chi connectivity index (χ3v) is 3.12. The van der Waals surface area contributed by atoms with E-state index in [2.05, 4.69) is 19.3 Å². The van der Waals surface area contributed by atoms with Crippen LogP contribution in [0.3, 0.4) is 0 Å². The summed E-state index contributed by atoms with van der Waals surface area (Å²) in [5.41, 5.74) is 0. The Kier molecular flexibility index (Phi) is 5.40. The summed E-state index contributed by atoms with van der Waals surface area (Å²) in [5.74, 6) is 0.908. The van der Waals surface area contributed by atoms with Crippen molar-refractivity contribution in [3.05, 3.63) is 0 Å². The lowest BCUT2D eigenvalue weighted by atomic mass is 9.96. The predicted molar refractivity (Wildman–Crippen MR) is 55.9 cm³/mol. The fourth-order valence-corrected chi connectivity index (χ4v) is 2.33. The van der Waals surface area contributed by atoms with Gasteiger partial charge in [0.15, 0.2) is 0 Å². The Bertz CT molecular complexity index is 121.